The second-order valence-electron chi connectivity index (χ2n) is 4.52. The van der Waals surface area contributed by atoms with E-state index in [0.29, 0.717) is 5.69 Å². The summed E-state index contributed by atoms with van der Waals surface area (Å²) in [4.78, 5) is 36.5. The number of hydrogen-bond donors (Lipinski definition) is 1. The van der Waals surface area contributed by atoms with Gasteiger partial charge in [0.25, 0.3) is 11.1 Å². The summed E-state index contributed by atoms with van der Waals surface area (Å²) < 4.78 is 4.93. The van der Waals surface area contributed by atoms with Gasteiger partial charge in [0.05, 0.1) is 6.61 Å². The van der Waals surface area contributed by atoms with Crippen LogP contribution < -0.4 is 10.2 Å². The topological polar surface area (TPSA) is 75.7 Å². The third kappa shape index (κ3) is 3.75. The zero-order valence-electron chi connectivity index (χ0n) is 11.8. The van der Waals surface area contributed by atoms with Gasteiger partial charge in [-0.3, -0.25) is 19.7 Å². The number of carbonyl (C=O) groups is 3. The first-order valence-corrected chi connectivity index (χ1v) is 7.39. The standard InChI is InChI=1S/C14H16N2O4S/c1-3-20-11(17)8-16(10-6-4-9(2)5-7-10)13-12(18)15-14(19)21-13/h4-7,13H,3,8H2,1-2H3,(H,15,18,19). The number of rotatable bonds is 5. The third-order valence-electron chi connectivity index (χ3n) is 2.92. The van der Waals surface area contributed by atoms with Gasteiger partial charge in [-0.05, 0) is 37.7 Å². The quantitative estimate of drug-likeness (QED) is 0.834. The number of ether oxygens (including phenoxy) is 1. The van der Waals surface area contributed by atoms with E-state index in [1.165, 1.54) is 0 Å². The summed E-state index contributed by atoms with van der Waals surface area (Å²) in [7, 11) is 0. The Hall–Kier alpha value is -2.02. The molecule has 1 atom stereocenters. The van der Waals surface area contributed by atoms with Gasteiger partial charge in [0, 0.05) is 5.69 Å². The fourth-order valence-corrected chi connectivity index (χ4v) is 2.80. The van der Waals surface area contributed by atoms with Crippen LogP contribution in [0.2, 0.25) is 0 Å². The van der Waals surface area contributed by atoms with Crippen molar-refractivity contribution in [3.8, 4) is 0 Å². The minimum Gasteiger partial charge on any atom is -0.465 e. The van der Waals surface area contributed by atoms with Crippen molar-refractivity contribution in [1.82, 2.24) is 5.32 Å². The second kappa shape index (κ2) is 6.62. The maximum absolute atomic E-state index is 11.9. The SMILES string of the molecule is CCOC(=O)CN(c1ccc(C)cc1)C1SC(=O)NC1=O. The summed E-state index contributed by atoms with van der Waals surface area (Å²) in [6.45, 7) is 3.84. The van der Waals surface area contributed by atoms with E-state index < -0.39 is 22.5 Å². The molecule has 0 radical (unpaired) electrons. The van der Waals surface area contributed by atoms with Gasteiger partial charge in [0.15, 0.2) is 5.37 Å². The number of imide groups is 1. The summed E-state index contributed by atoms with van der Waals surface area (Å²) in [6.07, 6.45) is 0. The molecule has 1 aliphatic rings. The van der Waals surface area contributed by atoms with Crippen LogP contribution in [0, 0.1) is 6.92 Å². The minimum absolute atomic E-state index is 0.0880. The molecule has 6 nitrogen and oxygen atoms in total. The Balaban J connectivity index is 2.25. The number of nitrogens with one attached hydrogen (secondary N) is 1. The number of thioether (sulfide) groups is 1. The molecule has 21 heavy (non-hydrogen) atoms. The molecule has 112 valence electrons. The Labute approximate surface area is 126 Å². The molecule has 7 heteroatoms. The third-order valence-corrected chi connectivity index (χ3v) is 3.93. The highest BCUT2D eigenvalue weighted by molar-refractivity contribution is 8.15. The number of carbonyl (C=O) groups excluding carboxylic acids is 3. The van der Waals surface area contributed by atoms with Crippen molar-refractivity contribution in [2.45, 2.75) is 19.2 Å². The molecular weight excluding hydrogens is 292 g/mol. The number of esters is 1. The lowest BCUT2D eigenvalue weighted by Crippen LogP contribution is -2.43. The smallest absolute Gasteiger partial charge is 0.325 e. The number of aryl methyl sites for hydroxylation is 1. The van der Waals surface area contributed by atoms with Gasteiger partial charge in [-0.2, -0.15) is 0 Å². The summed E-state index contributed by atoms with van der Waals surface area (Å²) in [5.74, 6) is -0.860. The Bertz CT molecular complexity index is 559. The molecule has 2 amide bonds. The van der Waals surface area contributed by atoms with Crippen molar-refractivity contribution < 1.29 is 19.1 Å². The first kappa shape index (κ1) is 15.4. The van der Waals surface area contributed by atoms with Crippen LogP contribution in [-0.4, -0.2) is 35.6 Å². The van der Waals surface area contributed by atoms with E-state index in [-0.39, 0.29) is 13.2 Å². The maximum atomic E-state index is 11.9. The van der Waals surface area contributed by atoms with Crippen LogP contribution in [0.3, 0.4) is 0 Å². The molecule has 1 aromatic carbocycles. The van der Waals surface area contributed by atoms with E-state index in [1.807, 2.05) is 31.2 Å². The van der Waals surface area contributed by atoms with Gasteiger partial charge in [0.1, 0.15) is 6.54 Å². The Morgan fingerprint density at radius 3 is 2.52 bits per heavy atom. The molecule has 1 N–H and O–H groups in total. The predicted molar refractivity (Wildman–Crippen MR) is 80.1 cm³/mol. The van der Waals surface area contributed by atoms with Crippen LogP contribution in [0.4, 0.5) is 10.5 Å². The molecule has 0 bridgehead atoms. The molecule has 1 fully saturated rings. The van der Waals surface area contributed by atoms with Crippen LogP contribution in [0.25, 0.3) is 0 Å². The predicted octanol–water partition coefficient (Wildman–Crippen LogP) is 1.67. The number of anilines is 1. The molecule has 1 heterocycles. The monoisotopic (exact) mass is 308 g/mol. The average Bonchev–Trinajstić information content (AvgIpc) is 2.76. The fraction of sp³-hybridized carbons (Fsp3) is 0.357. The van der Waals surface area contributed by atoms with Gasteiger partial charge in [-0.25, -0.2) is 0 Å². The molecule has 0 saturated carbocycles. The zero-order chi connectivity index (χ0) is 15.4. The van der Waals surface area contributed by atoms with Gasteiger partial charge >= 0.3 is 5.97 Å². The number of nitrogens with zero attached hydrogens (tertiary/aromatic N) is 1. The Morgan fingerprint density at radius 1 is 1.33 bits per heavy atom. The van der Waals surface area contributed by atoms with Gasteiger partial charge in [-0.1, -0.05) is 17.7 Å². The van der Waals surface area contributed by atoms with Crippen LogP contribution in [0.1, 0.15) is 12.5 Å². The molecule has 0 aliphatic carbocycles. The molecule has 2 rings (SSSR count). The van der Waals surface area contributed by atoms with E-state index in [9.17, 15) is 14.4 Å². The van der Waals surface area contributed by atoms with Crippen molar-refractivity contribution in [2.24, 2.45) is 0 Å². The second-order valence-corrected chi connectivity index (χ2v) is 5.57. The zero-order valence-corrected chi connectivity index (χ0v) is 12.6. The van der Waals surface area contributed by atoms with Crippen molar-refractivity contribution in [3.63, 3.8) is 0 Å². The minimum atomic E-state index is -0.760. The number of hydrogen-bond acceptors (Lipinski definition) is 6. The summed E-state index contributed by atoms with van der Waals surface area (Å²) in [5, 5.41) is 1.05. The molecule has 1 saturated heterocycles. The van der Waals surface area contributed by atoms with Crippen LogP contribution in [-0.2, 0) is 14.3 Å². The van der Waals surface area contributed by atoms with Gasteiger partial charge in [-0.15, -0.1) is 0 Å². The molecule has 1 aromatic rings. The highest BCUT2D eigenvalue weighted by Gasteiger charge is 2.37. The maximum Gasteiger partial charge on any atom is 0.325 e. The summed E-state index contributed by atoms with van der Waals surface area (Å²) >= 11 is 0.859. The normalized spacial score (nSPS) is 17.5. The van der Waals surface area contributed by atoms with Gasteiger partial charge in [0.2, 0.25) is 0 Å². The molecule has 1 aliphatic heterocycles. The van der Waals surface area contributed by atoms with E-state index >= 15 is 0 Å². The molecule has 1 unspecified atom stereocenters. The highest BCUT2D eigenvalue weighted by Crippen LogP contribution is 2.28. The number of amides is 2. The molecule has 0 aromatic heterocycles. The summed E-state index contributed by atoms with van der Waals surface area (Å²) in [5.41, 5.74) is 1.76. The van der Waals surface area contributed by atoms with Crippen molar-refractivity contribution in [1.29, 1.82) is 0 Å². The average molecular weight is 308 g/mol. The van der Waals surface area contributed by atoms with E-state index in [1.54, 1.807) is 11.8 Å². The van der Waals surface area contributed by atoms with Gasteiger partial charge < -0.3 is 9.64 Å². The molecule has 0 spiro atoms. The first-order valence-electron chi connectivity index (χ1n) is 6.51. The summed E-state index contributed by atoms with van der Waals surface area (Å²) in [6, 6.07) is 7.38. The fourth-order valence-electron chi connectivity index (χ4n) is 1.94. The van der Waals surface area contributed by atoms with Crippen molar-refractivity contribution >= 4 is 34.6 Å². The van der Waals surface area contributed by atoms with E-state index in [4.69, 9.17) is 4.74 Å². The largest absolute Gasteiger partial charge is 0.465 e. The van der Waals surface area contributed by atoms with E-state index in [0.717, 1.165) is 17.3 Å². The number of benzene rings is 1. The van der Waals surface area contributed by atoms with E-state index in [2.05, 4.69) is 5.32 Å². The first-order chi connectivity index (χ1) is 10.0. The van der Waals surface area contributed by atoms with Crippen LogP contribution in [0.5, 0.6) is 0 Å². The van der Waals surface area contributed by atoms with Crippen LogP contribution in [0.15, 0.2) is 24.3 Å². The van der Waals surface area contributed by atoms with Crippen molar-refractivity contribution in [2.75, 3.05) is 18.1 Å². The van der Waals surface area contributed by atoms with Crippen LogP contribution >= 0.6 is 11.8 Å². The lowest BCUT2D eigenvalue weighted by Gasteiger charge is -2.27. The molecular formula is C14H16N2O4S. The van der Waals surface area contributed by atoms with Crippen molar-refractivity contribution in [3.05, 3.63) is 29.8 Å². The highest BCUT2D eigenvalue weighted by atomic mass is 32.2. The Kier molecular flexibility index (Phi) is 4.85. The lowest BCUT2D eigenvalue weighted by atomic mass is 10.2. The lowest BCUT2D eigenvalue weighted by molar-refractivity contribution is -0.141. The Morgan fingerprint density at radius 2 is 2.00 bits per heavy atom.